The minimum atomic E-state index is 0. The van der Waals surface area contributed by atoms with E-state index in [1.54, 1.807) is 28.4 Å². The molecule has 170 valence electrons. The second kappa shape index (κ2) is 8.63. The number of quaternary nitrogens is 1. The molecule has 3 atom stereocenters. The minimum absolute atomic E-state index is 0. The van der Waals surface area contributed by atoms with E-state index in [0.29, 0.717) is 6.04 Å². The predicted molar refractivity (Wildman–Crippen MR) is 121 cm³/mol. The summed E-state index contributed by atoms with van der Waals surface area (Å²) in [6.45, 7) is 1.07. The van der Waals surface area contributed by atoms with Crippen LogP contribution in [0.2, 0.25) is 0 Å². The summed E-state index contributed by atoms with van der Waals surface area (Å²) in [5, 5.41) is 0. The van der Waals surface area contributed by atoms with Gasteiger partial charge in [-0.3, -0.25) is 0 Å². The third-order valence-electron chi connectivity index (χ3n) is 7.40. The van der Waals surface area contributed by atoms with Crippen LogP contribution in [0.25, 0.3) is 6.08 Å². The Morgan fingerprint density at radius 3 is 2.03 bits per heavy atom. The zero-order valence-corrected chi connectivity index (χ0v) is 21.4. The molecule has 2 aromatic rings. The SMILES string of the molecule is COc1cc2c(cc1OC)C1C(=CCC3c4cc(OC)c(OC)cc4CC[N+]31C)C=C2.[I-]. The molecule has 1 aliphatic carbocycles. The van der Waals surface area contributed by atoms with Crippen LogP contribution in [0.4, 0.5) is 0 Å². The van der Waals surface area contributed by atoms with Gasteiger partial charge in [0.1, 0.15) is 12.1 Å². The Labute approximate surface area is 207 Å². The lowest BCUT2D eigenvalue weighted by Gasteiger charge is -2.53. The molecule has 0 amide bonds. The number of nitrogens with zero attached hydrogens (tertiary/aromatic N) is 1. The van der Waals surface area contributed by atoms with Crippen molar-refractivity contribution in [2.24, 2.45) is 0 Å². The molecule has 2 aliphatic heterocycles. The number of fused-ring (bicyclic) bond motifs is 7. The van der Waals surface area contributed by atoms with Crippen LogP contribution in [-0.4, -0.2) is 46.5 Å². The van der Waals surface area contributed by atoms with Crippen molar-refractivity contribution in [3.05, 3.63) is 64.2 Å². The van der Waals surface area contributed by atoms with E-state index < -0.39 is 0 Å². The molecule has 0 saturated carbocycles. The van der Waals surface area contributed by atoms with Gasteiger partial charge >= 0.3 is 0 Å². The Bertz CT molecular complexity index is 1110. The van der Waals surface area contributed by atoms with Crippen molar-refractivity contribution in [1.29, 1.82) is 0 Å². The summed E-state index contributed by atoms with van der Waals surface area (Å²) in [6, 6.07) is 9.26. The molecule has 2 aromatic carbocycles. The van der Waals surface area contributed by atoms with Gasteiger partial charge in [-0.2, -0.15) is 0 Å². The molecule has 3 aliphatic rings. The zero-order chi connectivity index (χ0) is 21.8. The van der Waals surface area contributed by atoms with Crippen molar-refractivity contribution in [2.75, 3.05) is 42.0 Å². The van der Waals surface area contributed by atoms with Gasteiger partial charge in [0, 0.05) is 29.5 Å². The Hall–Kier alpha value is -2.19. The van der Waals surface area contributed by atoms with Crippen LogP contribution < -0.4 is 42.9 Å². The lowest BCUT2D eigenvalue weighted by atomic mass is 9.76. The van der Waals surface area contributed by atoms with E-state index in [1.807, 2.05) is 0 Å². The van der Waals surface area contributed by atoms with Crippen LogP contribution >= 0.6 is 0 Å². The third-order valence-corrected chi connectivity index (χ3v) is 7.40. The van der Waals surface area contributed by atoms with Gasteiger partial charge in [-0.25, -0.2) is 0 Å². The van der Waals surface area contributed by atoms with Crippen molar-refractivity contribution in [1.82, 2.24) is 0 Å². The fourth-order valence-corrected chi connectivity index (χ4v) is 5.81. The molecule has 0 spiro atoms. The molecule has 0 fully saturated rings. The topological polar surface area (TPSA) is 36.9 Å². The number of methoxy groups -OCH3 is 4. The van der Waals surface area contributed by atoms with E-state index in [1.165, 1.54) is 27.8 Å². The summed E-state index contributed by atoms with van der Waals surface area (Å²) in [7, 11) is 9.21. The van der Waals surface area contributed by atoms with Crippen LogP contribution in [0.3, 0.4) is 0 Å². The summed E-state index contributed by atoms with van der Waals surface area (Å²) in [5.41, 5.74) is 6.65. The highest BCUT2D eigenvalue weighted by atomic mass is 127. The highest BCUT2D eigenvalue weighted by molar-refractivity contribution is 5.68. The van der Waals surface area contributed by atoms with Gasteiger partial charge in [0.25, 0.3) is 0 Å². The number of ether oxygens (including phenoxy) is 4. The largest absolute Gasteiger partial charge is 1.00 e. The van der Waals surface area contributed by atoms with Crippen LogP contribution in [0, 0.1) is 0 Å². The fourth-order valence-electron chi connectivity index (χ4n) is 5.81. The summed E-state index contributed by atoms with van der Waals surface area (Å²) >= 11 is 0. The van der Waals surface area contributed by atoms with E-state index in [2.05, 4.69) is 49.5 Å². The quantitative estimate of drug-likeness (QED) is 0.433. The summed E-state index contributed by atoms with van der Waals surface area (Å²) in [5.74, 6) is 3.18. The van der Waals surface area contributed by atoms with Gasteiger partial charge in [0.2, 0.25) is 0 Å². The first-order chi connectivity index (χ1) is 15.0. The van der Waals surface area contributed by atoms with E-state index >= 15 is 0 Å². The average Bonchev–Trinajstić information content (AvgIpc) is 2.81. The molecule has 3 unspecified atom stereocenters. The smallest absolute Gasteiger partial charge is 0.161 e. The monoisotopic (exact) mass is 547 g/mol. The first-order valence-corrected chi connectivity index (χ1v) is 10.8. The Morgan fingerprint density at radius 1 is 0.781 bits per heavy atom. The highest BCUT2D eigenvalue weighted by Crippen LogP contribution is 2.54. The molecule has 2 heterocycles. The first-order valence-electron chi connectivity index (χ1n) is 10.8. The number of likely N-dealkylation sites (N-methyl/N-ethyl adjacent to an activating group) is 1. The molecule has 0 aromatic heterocycles. The van der Waals surface area contributed by atoms with Crippen LogP contribution in [0.5, 0.6) is 23.0 Å². The highest BCUT2D eigenvalue weighted by Gasteiger charge is 2.50. The maximum absolute atomic E-state index is 5.66. The van der Waals surface area contributed by atoms with E-state index in [9.17, 15) is 0 Å². The average molecular weight is 547 g/mol. The predicted octanol–water partition coefficient (Wildman–Crippen LogP) is 1.87. The maximum Gasteiger partial charge on any atom is 0.161 e. The second-order valence-corrected chi connectivity index (χ2v) is 8.75. The van der Waals surface area contributed by atoms with Crippen LogP contribution in [0.15, 0.2) is 42.0 Å². The Kier molecular flexibility index (Phi) is 6.20. The van der Waals surface area contributed by atoms with Crippen molar-refractivity contribution >= 4 is 6.08 Å². The molecule has 0 N–H and O–H groups in total. The first kappa shape index (κ1) is 23.0. The minimum Gasteiger partial charge on any atom is -1.00 e. The lowest BCUT2D eigenvalue weighted by Crippen LogP contribution is -3.00. The number of benzene rings is 2. The van der Waals surface area contributed by atoms with Gasteiger partial charge in [-0.05, 0) is 35.4 Å². The third kappa shape index (κ3) is 3.30. The zero-order valence-electron chi connectivity index (χ0n) is 19.3. The molecule has 6 heteroatoms. The second-order valence-electron chi connectivity index (χ2n) is 8.75. The molecular weight excluding hydrogens is 517 g/mol. The molecule has 32 heavy (non-hydrogen) atoms. The molecule has 0 bridgehead atoms. The fraction of sp³-hybridized carbons (Fsp3) is 0.385. The normalized spacial score (nSPS) is 24.6. The van der Waals surface area contributed by atoms with Gasteiger partial charge < -0.3 is 47.4 Å². The van der Waals surface area contributed by atoms with Gasteiger partial charge in [0.15, 0.2) is 23.0 Å². The number of hydrogen-bond donors (Lipinski definition) is 0. The van der Waals surface area contributed by atoms with Crippen molar-refractivity contribution < 1.29 is 47.4 Å². The van der Waals surface area contributed by atoms with Gasteiger partial charge in [0.05, 0.1) is 42.0 Å². The van der Waals surface area contributed by atoms with Crippen molar-refractivity contribution in [3.63, 3.8) is 0 Å². The van der Waals surface area contributed by atoms with Gasteiger partial charge in [-0.1, -0.05) is 18.2 Å². The maximum atomic E-state index is 5.66. The summed E-state index contributed by atoms with van der Waals surface area (Å²) in [4.78, 5) is 0. The van der Waals surface area contributed by atoms with E-state index in [4.69, 9.17) is 18.9 Å². The van der Waals surface area contributed by atoms with E-state index in [-0.39, 0.29) is 30.0 Å². The summed E-state index contributed by atoms with van der Waals surface area (Å²) < 4.78 is 23.4. The van der Waals surface area contributed by atoms with Crippen molar-refractivity contribution in [2.45, 2.75) is 24.9 Å². The molecular formula is C26H30INO4. The molecule has 5 nitrogen and oxygen atoms in total. The summed E-state index contributed by atoms with van der Waals surface area (Å²) in [6.07, 6.45) is 8.93. The Balaban J connectivity index is 0.00000245. The number of hydrogen-bond acceptors (Lipinski definition) is 4. The van der Waals surface area contributed by atoms with Crippen molar-refractivity contribution in [3.8, 4) is 23.0 Å². The number of halogens is 1. The lowest BCUT2D eigenvalue weighted by molar-refractivity contribution is -0.966. The molecule has 0 saturated heterocycles. The van der Waals surface area contributed by atoms with Crippen LogP contribution in [0.1, 0.15) is 40.8 Å². The number of rotatable bonds is 4. The van der Waals surface area contributed by atoms with E-state index in [0.717, 1.165) is 46.9 Å². The van der Waals surface area contributed by atoms with Crippen LogP contribution in [-0.2, 0) is 6.42 Å². The standard InChI is InChI=1S/C26H30NO4.HI/c1-27-11-10-18-13-23(29-3)24(30-4)14-19(18)21(27)9-8-16-6-7-17-12-22(28-2)25(31-5)15-20(17)26(16)27;/h6-8,12-15,21,26H,9-11H2,1-5H3;1H/q+1;/p-1. The molecule has 5 rings (SSSR count). The van der Waals surface area contributed by atoms with Gasteiger partial charge in [-0.15, -0.1) is 0 Å². The Morgan fingerprint density at radius 2 is 1.38 bits per heavy atom. The molecule has 0 radical (unpaired) electrons.